The van der Waals surface area contributed by atoms with Gasteiger partial charge in [-0.1, -0.05) is 0 Å². The third-order valence-corrected chi connectivity index (χ3v) is 3.21. The van der Waals surface area contributed by atoms with Gasteiger partial charge in [0.05, 0.1) is 18.2 Å². The quantitative estimate of drug-likeness (QED) is 0.876. The van der Waals surface area contributed by atoms with Crippen molar-refractivity contribution in [1.82, 2.24) is 14.3 Å². The Morgan fingerprint density at radius 3 is 3.12 bits per heavy atom. The van der Waals surface area contributed by atoms with Crippen molar-refractivity contribution < 1.29 is 9.90 Å². The van der Waals surface area contributed by atoms with Gasteiger partial charge in [-0.15, -0.1) is 11.3 Å². The molecule has 0 aliphatic rings. The molecule has 1 atom stereocenters. The fourth-order valence-electron chi connectivity index (χ4n) is 1.65. The first-order valence-corrected chi connectivity index (χ1v) is 6.27. The summed E-state index contributed by atoms with van der Waals surface area (Å²) in [6, 6.07) is 0. The molecule has 0 aliphatic heterocycles. The predicted octanol–water partition coefficient (Wildman–Crippen LogP) is 0.777. The molecule has 2 aromatic heterocycles. The molecule has 0 spiro atoms. The summed E-state index contributed by atoms with van der Waals surface area (Å²) < 4.78 is 1.90. The normalized spacial score (nSPS) is 12.9. The molecule has 0 radical (unpaired) electrons. The molecule has 1 N–H and O–H groups in total. The summed E-state index contributed by atoms with van der Waals surface area (Å²) in [5.41, 5.74) is 0.763. The van der Waals surface area contributed by atoms with E-state index in [9.17, 15) is 9.90 Å². The van der Waals surface area contributed by atoms with Crippen molar-refractivity contribution in [1.29, 1.82) is 0 Å². The lowest BCUT2D eigenvalue weighted by atomic mass is 10.3. The third kappa shape index (κ3) is 2.83. The molecular formula is C11H15N3O2S. The maximum atomic E-state index is 11.8. The molecule has 2 heterocycles. The Morgan fingerprint density at radius 1 is 1.71 bits per heavy atom. The zero-order chi connectivity index (χ0) is 12.4. The molecule has 2 rings (SSSR count). The Kier molecular flexibility index (Phi) is 3.44. The summed E-state index contributed by atoms with van der Waals surface area (Å²) in [7, 11) is 1.69. The van der Waals surface area contributed by atoms with Crippen LogP contribution in [-0.2, 0) is 11.2 Å². The first-order valence-electron chi connectivity index (χ1n) is 5.39. The summed E-state index contributed by atoms with van der Waals surface area (Å²) in [6.07, 6.45) is 3.55. The van der Waals surface area contributed by atoms with Crippen molar-refractivity contribution in [3.8, 4) is 0 Å². The van der Waals surface area contributed by atoms with E-state index < -0.39 is 6.10 Å². The molecule has 1 amide bonds. The highest BCUT2D eigenvalue weighted by molar-refractivity contribution is 7.15. The van der Waals surface area contributed by atoms with Gasteiger partial charge in [0.2, 0.25) is 5.91 Å². The van der Waals surface area contributed by atoms with Gasteiger partial charge in [0.1, 0.15) is 0 Å². The van der Waals surface area contributed by atoms with Gasteiger partial charge in [-0.3, -0.25) is 9.20 Å². The highest BCUT2D eigenvalue weighted by atomic mass is 32.1. The minimum atomic E-state index is -0.505. The molecule has 92 valence electrons. The van der Waals surface area contributed by atoms with Gasteiger partial charge in [-0.2, -0.15) is 0 Å². The molecule has 17 heavy (non-hydrogen) atoms. The summed E-state index contributed by atoms with van der Waals surface area (Å²) >= 11 is 1.54. The van der Waals surface area contributed by atoms with Crippen molar-refractivity contribution in [3.05, 3.63) is 23.5 Å². The summed E-state index contributed by atoms with van der Waals surface area (Å²) in [4.78, 5) is 18.6. The van der Waals surface area contributed by atoms with Crippen LogP contribution in [0.15, 0.2) is 17.8 Å². The van der Waals surface area contributed by atoms with Crippen LogP contribution >= 0.6 is 11.3 Å². The number of hydrogen-bond donors (Lipinski definition) is 1. The molecule has 0 fully saturated rings. The maximum absolute atomic E-state index is 11.8. The average molecular weight is 253 g/mol. The minimum absolute atomic E-state index is 0.0309. The number of fused-ring (bicyclic) bond motifs is 1. The Labute approximate surface area is 103 Å². The van der Waals surface area contributed by atoms with E-state index in [-0.39, 0.29) is 12.3 Å². The molecule has 0 aliphatic carbocycles. The van der Waals surface area contributed by atoms with Crippen molar-refractivity contribution >= 4 is 22.2 Å². The average Bonchev–Trinajstić information content (AvgIpc) is 2.76. The minimum Gasteiger partial charge on any atom is -0.392 e. The Morgan fingerprint density at radius 2 is 2.47 bits per heavy atom. The summed E-state index contributed by atoms with van der Waals surface area (Å²) in [6.45, 7) is 2.01. The standard InChI is InChI=1S/C11H15N3O2S/c1-8(15)6-13(2)10(16)5-9-7-14-3-4-17-11(14)12-9/h3-4,7-8,15H,5-6H2,1-2H3. The molecule has 2 aromatic rings. The van der Waals surface area contributed by atoms with Crippen LogP contribution < -0.4 is 0 Å². The fourth-order valence-corrected chi connectivity index (χ4v) is 2.37. The van der Waals surface area contributed by atoms with Crippen LogP contribution in [0.2, 0.25) is 0 Å². The van der Waals surface area contributed by atoms with E-state index in [1.54, 1.807) is 25.3 Å². The molecule has 1 unspecified atom stereocenters. The van der Waals surface area contributed by atoms with E-state index in [4.69, 9.17) is 0 Å². The van der Waals surface area contributed by atoms with Crippen LogP contribution in [0, 0.1) is 0 Å². The number of likely N-dealkylation sites (N-methyl/N-ethyl adjacent to an activating group) is 1. The van der Waals surface area contributed by atoms with Gasteiger partial charge in [0, 0.05) is 31.4 Å². The van der Waals surface area contributed by atoms with Gasteiger partial charge < -0.3 is 10.0 Å². The number of aliphatic hydroxyl groups excluding tert-OH is 1. The van der Waals surface area contributed by atoms with Crippen LogP contribution in [-0.4, -0.2) is 45.0 Å². The topological polar surface area (TPSA) is 57.8 Å². The van der Waals surface area contributed by atoms with Gasteiger partial charge in [-0.25, -0.2) is 4.98 Å². The molecule has 0 saturated heterocycles. The number of nitrogens with zero attached hydrogens (tertiary/aromatic N) is 3. The highest BCUT2D eigenvalue weighted by Crippen LogP contribution is 2.12. The zero-order valence-electron chi connectivity index (χ0n) is 9.83. The van der Waals surface area contributed by atoms with E-state index in [2.05, 4.69) is 4.98 Å². The van der Waals surface area contributed by atoms with Crippen LogP contribution in [0.1, 0.15) is 12.6 Å². The third-order valence-electron chi connectivity index (χ3n) is 2.44. The van der Waals surface area contributed by atoms with Crippen LogP contribution in [0.3, 0.4) is 0 Å². The number of aliphatic hydroxyl groups is 1. The van der Waals surface area contributed by atoms with Crippen LogP contribution in [0.25, 0.3) is 4.96 Å². The maximum Gasteiger partial charge on any atom is 0.228 e. The Balaban J connectivity index is 2.01. The van der Waals surface area contributed by atoms with Gasteiger partial charge in [0.15, 0.2) is 4.96 Å². The number of amides is 1. The number of carbonyl (C=O) groups is 1. The molecular weight excluding hydrogens is 238 g/mol. The molecule has 0 saturated carbocycles. The largest absolute Gasteiger partial charge is 0.392 e. The number of thiazole rings is 1. The van der Waals surface area contributed by atoms with Crippen LogP contribution in [0.5, 0.6) is 0 Å². The first kappa shape index (κ1) is 12.1. The van der Waals surface area contributed by atoms with Crippen molar-refractivity contribution in [2.45, 2.75) is 19.4 Å². The molecule has 0 bridgehead atoms. The SMILES string of the molecule is CC(O)CN(C)C(=O)Cc1cn2ccsc2n1. The number of carbonyl (C=O) groups excluding carboxylic acids is 1. The zero-order valence-corrected chi connectivity index (χ0v) is 10.6. The molecule has 6 heteroatoms. The smallest absolute Gasteiger partial charge is 0.228 e. The second-order valence-electron chi connectivity index (χ2n) is 4.13. The lowest BCUT2D eigenvalue weighted by Crippen LogP contribution is -2.34. The number of hydrogen-bond acceptors (Lipinski definition) is 4. The predicted molar refractivity (Wildman–Crippen MR) is 66.1 cm³/mol. The monoisotopic (exact) mass is 253 g/mol. The van der Waals surface area contributed by atoms with Crippen molar-refractivity contribution in [2.24, 2.45) is 0 Å². The lowest BCUT2D eigenvalue weighted by molar-refractivity contribution is -0.130. The van der Waals surface area contributed by atoms with E-state index in [0.29, 0.717) is 6.54 Å². The second-order valence-corrected chi connectivity index (χ2v) is 5.00. The van der Waals surface area contributed by atoms with Gasteiger partial charge >= 0.3 is 0 Å². The second kappa shape index (κ2) is 4.85. The fraction of sp³-hybridized carbons (Fsp3) is 0.455. The number of imidazole rings is 1. The molecule has 5 nitrogen and oxygen atoms in total. The van der Waals surface area contributed by atoms with Crippen molar-refractivity contribution in [2.75, 3.05) is 13.6 Å². The summed E-state index contributed by atoms with van der Waals surface area (Å²) in [5, 5.41) is 11.2. The highest BCUT2D eigenvalue weighted by Gasteiger charge is 2.13. The molecule has 0 aromatic carbocycles. The van der Waals surface area contributed by atoms with Crippen molar-refractivity contribution in [3.63, 3.8) is 0 Å². The van der Waals surface area contributed by atoms with Gasteiger partial charge in [-0.05, 0) is 6.92 Å². The number of aromatic nitrogens is 2. The van der Waals surface area contributed by atoms with E-state index >= 15 is 0 Å². The van der Waals surface area contributed by atoms with Crippen LogP contribution in [0.4, 0.5) is 0 Å². The van der Waals surface area contributed by atoms with E-state index in [0.717, 1.165) is 10.7 Å². The Bertz CT molecular complexity index is 489. The van der Waals surface area contributed by atoms with E-state index in [1.165, 1.54) is 4.90 Å². The first-order chi connectivity index (χ1) is 8.06. The number of rotatable bonds is 4. The van der Waals surface area contributed by atoms with Gasteiger partial charge in [0.25, 0.3) is 0 Å². The Hall–Kier alpha value is -1.40. The van der Waals surface area contributed by atoms with E-state index in [1.807, 2.05) is 22.2 Å². The summed E-state index contributed by atoms with van der Waals surface area (Å²) in [5.74, 6) is -0.0309. The lowest BCUT2D eigenvalue weighted by Gasteiger charge is -2.18.